The maximum Gasteiger partial charge on any atom is 0.0442 e. The van der Waals surface area contributed by atoms with Crippen LogP contribution >= 0.6 is 27.5 Å². The van der Waals surface area contributed by atoms with Crippen molar-refractivity contribution in [2.75, 3.05) is 0 Å². The first-order valence-electron chi connectivity index (χ1n) is 4.65. The molecule has 1 saturated carbocycles. The van der Waals surface area contributed by atoms with Crippen LogP contribution in [0.25, 0.3) is 0 Å². The van der Waals surface area contributed by atoms with E-state index in [1.165, 1.54) is 5.56 Å². The lowest BCUT2D eigenvalue weighted by Gasteiger charge is -2.05. The van der Waals surface area contributed by atoms with Crippen LogP contribution in [-0.2, 0) is 0 Å². The number of hydrogen-bond donors (Lipinski definition) is 1. The van der Waals surface area contributed by atoms with Crippen LogP contribution in [0.5, 0.6) is 0 Å². The van der Waals surface area contributed by atoms with Gasteiger partial charge in [0.25, 0.3) is 0 Å². The van der Waals surface area contributed by atoms with Crippen LogP contribution in [0, 0.1) is 5.41 Å². The normalized spacial score (nSPS) is 28.9. The average Bonchev–Trinajstić information content (AvgIpc) is 2.58. The summed E-state index contributed by atoms with van der Waals surface area (Å²) in [5.74, 6) is 0.396. The average molecular weight is 275 g/mol. The second-order valence-corrected chi connectivity index (χ2v) is 5.81. The highest BCUT2D eigenvalue weighted by molar-refractivity contribution is 9.10. The molecule has 1 nitrogen and oxygen atoms in total. The fraction of sp³-hybridized carbons (Fsp3) is 0.455. The molecular formula is C11H13BrClN. The van der Waals surface area contributed by atoms with Crippen molar-refractivity contribution in [1.82, 2.24) is 0 Å². The number of hydrogen-bond acceptors (Lipinski definition) is 1. The van der Waals surface area contributed by atoms with Crippen molar-refractivity contribution in [3.8, 4) is 0 Å². The topological polar surface area (TPSA) is 26.0 Å². The lowest BCUT2D eigenvalue weighted by molar-refractivity contribution is 0.599. The molecule has 0 aliphatic heterocycles. The van der Waals surface area contributed by atoms with E-state index in [-0.39, 0.29) is 11.5 Å². The molecule has 2 rings (SSSR count). The van der Waals surface area contributed by atoms with Crippen molar-refractivity contribution in [2.45, 2.75) is 25.8 Å². The first kappa shape index (κ1) is 10.5. The van der Waals surface area contributed by atoms with Crippen molar-refractivity contribution in [1.29, 1.82) is 0 Å². The molecule has 3 heteroatoms. The zero-order valence-electron chi connectivity index (χ0n) is 8.22. The molecule has 1 aromatic rings. The van der Waals surface area contributed by atoms with Gasteiger partial charge in [-0.1, -0.05) is 41.4 Å². The van der Waals surface area contributed by atoms with Crippen molar-refractivity contribution in [3.63, 3.8) is 0 Å². The highest BCUT2D eigenvalue weighted by atomic mass is 79.9. The second kappa shape index (κ2) is 3.22. The summed E-state index contributed by atoms with van der Waals surface area (Å²) in [5.41, 5.74) is 7.37. The molecule has 0 saturated heterocycles. The third kappa shape index (κ3) is 1.50. The van der Waals surface area contributed by atoms with Gasteiger partial charge < -0.3 is 5.73 Å². The van der Waals surface area contributed by atoms with Gasteiger partial charge in [-0.2, -0.15) is 0 Å². The number of benzene rings is 1. The van der Waals surface area contributed by atoms with Gasteiger partial charge in [0.1, 0.15) is 0 Å². The Labute approximate surface area is 97.8 Å². The van der Waals surface area contributed by atoms with E-state index in [9.17, 15) is 0 Å². The predicted octanol–water partition coefficient (Wildman–Crippen LogP) is 3.55. The van der Waals surface area contributed by atoms with Gasteiger partial charge in [-0.15, -0.1) is 0 Å². The smallest absolute Gasteiger partial charge is 0.0442 e. The van der Waals surface area contributed by atoms with Gasteiger partial charge in [0.05, 0.1) is 0 Å². The Morgan fingerprint density at radius 3 is 2.50 bits per heavy atom. The lowest BCUT2D eigenvalue weighted by atomic mass is 10.0. The molecule has 0 aromatic heterocycles. The second-order valence-electron chi connectivity index (χ2n) is 4.49. The standard InChI is InChI=1S/C11H13BrClN/c1-11(2)9(10(11)14)7-5-6(12)3-4-8(7)13/h3-5,9-10H,14H2,1-2H3. The molecule has 2 N–H and O–H groups in total. The lowest BCUT2D eigenvalue weighted by Crippen LogP contribution is -2.06. The monoisotopic (exact) mass is 273 g/mol. The number of halogens is 2. The molecule has 1 aromatic carbocycles. The van der Waals surface area contributed by atoms with E-state index in [4.69, 9.17) is 17.3 Å². The van der Waals surface area contributed by atoms with Gasteiger partial charge in [0.2, 0.25) is 0 Å². The SMILES string of the molecule is CC1(C)C(N)C1c1cc(Br)ccc1Cl. The molecule has 1 aliphatic rings. The van der Waals surface area contributed by atoms with E-state index in [0.717, 1.165) is 9.50 Å². The molecule has 0 spiro atoms. The molecule has 2 unspecified atom stereocenters. The van der Waals surface area contributed by atoms with Gasteiger partial charge in [-0.3, -0.25) is 0 Å². The molecular weight excluding hydrogens is 261 g/mol. The van der Waals surface area contributed by atoms with Crippen LogP contribution in [-0.4, -0.2) is 6.04 Å². The zero-order valence-corrected chi connectivity index (χ0v) is 10.6. The molecule has 0 bridgehead atoms. The number of nitrogens with two attached hydrogens (primary N) is 1. The van der Waals surface area contributed by atoms with Gasteiger partial charge in [0, 0.05) is 21.5 Å². The predicted molar refractivity (Wildman–Crippen MR) is 63.6 cm³/mol. The van der Waals surface area contributed by atoms with E-state index >= 15 is 0 Å². The fourth-order valence-corrected chi connectivity index (χ4v) is 2.64. The summed E-state index contributed by atoms with van der Waals surface area (Å²) in [6, 6.07) is 6.17. The molecule has 14 heavy (non-hydrogen) atoms. The van der Waals surface area contributed by atoms with E-state index in [2.05, 4.69) is 35.8 Å². The van der Waals surface area contributed by atoms with Crippen LogP contribution in [0.2, 0.25) is 5.02 Å². The highest BCUT2D eigenvalue weighted by Crippen LogP contribution is 2.58. The molecule has 0 radical (unpaired) electrons. The summed E-state index contributed by atoms with van der Waals surface area (Å²) >= 11 is 9.60. The van der Waals surface area contributed by atoms with Gasteiger partial charge in [-0.25, -0.2) is 0 Å². The quantitative estimate of drug-likeness (QED) is 0.833. The summed E-state index contributed by atoms with van der Waals surface area (Å²) in [4.78, 5) is 0. The van der Waals surface area contributed by atoms with E-state index in [0.29, 0.717) is 5.92 Å². The van der Waals surface area contributed by atoms with Crippen LogP contribution in [0.1, 0.15) is 25.3 Å². The first-order valence-corrected chi connectivity index (χ1v) is 5.82. The van der Waals surface area contributed by atoms with E-state index in [1.54, 1.807) is 0 Å². The summed E-state index contributed by atoms with van der Waals surface area (Å²) in [6.07, 6.45) is 0. The largest absolute Gasteiger partial charge is 0.327 e. The Morgan fingerprint density at radius 2 is 2.00 bits per heavy atom. The molecule has 0 heterocycles. The van der Waals surface area contributed by atoms with Crippen molar-refractivity contribution in [2.24, 2.45) is 11.1 Å². The Balaban J connectivity index is 2.39. The molecule has 2 atom stereocenters. The molecule has 76 valence electrons. The zero-order chi connectivity index (χ0) is 10.5. The van der Waals surface area contributed by atoms with E-state index < -0.39 is 0 Å². The van der Waals surface area contributed by atoms with Crippen LogP contribution in [0.4, 0.5) is 0 Å². The molecule has 0 amide bonds. The summed E-state index contributed by atoms with van der Waals surface area (Å²) in [6.45, 7) is 4.36. The minimum absolute atomic E-state index is 0.185. The summed E-state index contributed by atoms with van der Waals surface area (Å²) in [7, 11) is 0. The highest BCUT2D eigenvalue weighted by Gasteiger charge is 2.56. The van der Waals surface area contributed by atoms with Crippen LogP contribution in [0.15, 0.2) is 22.7 Å². The van der Waals surface area contributed by atoms with Crippen molar-refractivity contribution >= 4 is 27.5 Å². The fourth-order valence-electron chi connectivity index (χ4n) is 2.02. The summed E-state index contributed by atoms with van der Waals surface area (Å²) < 4.78 is 1.06. The Morgan fingerprint density at radius 1 is 1.43 bits per heavy atom. The van der Waals surface area contributed by atoms with Crippen LogP contribution in [0.3, 0.4) is 0 Å². The maximum absolute atomic E-state index is 6.15. The Hall–Kier alpha value is -0.0500. The maximum atomic E-state index is 6.15. The van der Waals surface area contributed by atoms with Crippen molar-refractivity contribution < 1.29 is 0 Å². The number of rotatable bonds is 1. The van der Waals surface area contributed by atoms with Gasteiger partial charge >= 0.3 is 0 Å². The third-order valence-electron chi connectivity index (χ3n) is 3.20. The van der Waals surface area contributed by atoms with Gasteiger partial charge in [0.15, 0.2) is 0 Å². The third-order valence-corrected chi connectivity index (χ3v) is 4.04. The summed E-state index contributed by atoms with van der Waals surface area (Å²) in [5, 5.41) is 0.819. The molecule has 1 fully saturated rings. The minimum atomic E-state index is 0.185. The molecule has 1 aliphatic carbocycles. The first-order chi connectivity index (χ1) is 6.44. The Bertz CT molecular complexity index is 376. The van der Waals surface area contributed by atoms with Crippen molar-refractivity contribution in [3.05, 3.63) is 33.3 Å². The van der Waals surface area contributed by atoms with Gasteiger partial charge in [-0.05, 0) is 29.2 Å². The Kier molecular flexibility index (Phi) is 2.41. The van der Waals surface area contributed by atoms with E-state index in [1.807, 2.05) is 12.1 Å². The van der Waals surface area contributed by atoms with Crippen LogP contribution < -0.4 is 5.73 Å². The minimum Gasteiger partial charge on any atom is -0.327 e.